The second-order valence-electron chi connectivity index (χ2n) is 8.64. The summed E-state index contributed by atoms with van der Waals surface area (Å²) in [5.74, 6) is 0. The van der Waals surface area contributed by atoms with Crippen LogP contribution in [-0.2, 0) is 13.6 Å². The van der Waals surface area contributed by atoms with Gasteiger partial charge in [-0.25, -0.2) is 9.67 Å². The molecule has 7 heteroatoms. The number of nitrogens with one attached hydrogen (secondary N) is 1. The zero-order valence-corrected chi connectivity index (χ0v) is 18.1. The number of benzene rings is 1. The smallest absolute Gasteiger partial charge is 0.138 e. The third-order valence-electron chi connectivity index (χ3n) is 6.45. The molecule has 1 aliphatic rings. The second-order valence-corrected chi connectivity index (χ2v) is 8.64. The van der Waals surface area contributed by atoms with Crippen LogP contribution in [0.1, 0.15) is 24.8 Å². The lowest BCUT2D eigenvalue weighted by Crippen LogP contribution is -2.28. The summed E-state index contributed by atoms with van der Waals surface area (Å²) in [6.45, 7) is 3.47. The van der Waals surface area contributed by atoms with E-state index < -0.39 is 0 Å². The molecule has 0 unspecified atom stereocenters. The van der Waals surface area contributed by atoms with Gasteiger partial charge < -0.3 is 4.98 Å². The number of pyridine rings is 2. The lowest BCUT2D eigenvalue weighted by molar-refractivity contribution is 0.221. The number of aryl methyl sites for hydroxylation is 1. The van der Waals surface area contributed by atoms with Crippen molar-refractivity contribution in [1.82, 2.24) is 34.8 Å². The number of aromatic amines is 1. The van der Waals surface area contributed by atoms with Gasteiger partial charge in [0.05, 0.1) is 23.6 Å². The average molecular weight is 424 g/mol. The Morgan fingerprint density at radius 2 is 1.72 bits per heavy atom. The second kappa shape index (κ2) is 7.84. The van der Waals surface area contributed by atoms with E-state index in [1.54, 1.807) is 10.9 Å². The molecule has 1 aliphatic heterocycles. The molecule has 0 atom stereocenters. The summed E-state index contributed by atoms with van der Waals surface area (Å²) >= 11 is 0. The SMILES string of the molecule is Cn1nncc1-c1cc2c(cn1)[nH]c1ncc(-c3ccc(CN4CCCCC4)cc3)cc12. The van der Waals surface area contributed by atoms with E-state index in [1.807, 2.05) is 19.4 Å². The Balaban J connectivity index is 1.34. The predicted molar refractivity (Wildman–Crippen MR) is 126 cm³/mol. The normalized spacial score (nSPS) is 15.0. The first-order valence-corrected chi connectivity index (χ1v) is 11.2. The Kier molecular flexibility index (Phi) is 4.69. The Hall–Kier alpha value is -3.58. The highest BCUT2D eigenvalue weighted by Gasteiger charge is 2.13. The monoisotopic (exact) mass is 423 g/mol. The first-order valence-electron chi connectivity index (χ1n) is 11.2. The van der Waals surface area contributed by atoms with Crippen molar-refractivity contribution in [3.8, 4) is 22.5 Å². The van der Waals surface area contributed by atoms with Crippen molar-refractivity contribution in [3.63, 3.8) is 0 Å². The molecule has 1 aromatic carbocycles. The van der Waals surface area contributed by atoms with E-state index in [9.17, 15) is 0 Å². The third kappa shape index (κ3) is 3.44. The fourth-order valence-corrected chi connectivity index (χ4v) is 4.67. The van der Waals surface area contributed by atoms with Crippen molar-refractivity contribution < 1.29 is 0 Å². The first-order chi connectivity index (χ1) is 15.7. The molecule has 7 nitrogen and oxygen atoms in total. The highest BCUT2D eigenvalue weighted by Crippen LogP contribution is 2.30. The zero-order chi connectivity index (χ0) is 21.5. The molecule has 6 rings (SSSR count). The fourth-order valence-electron chi connectivity index (χ4n) is 4.67. The van der Waals surface area contributed by atoms with Gasteiger partial charge in [-0.05, 0) is 49.2 Å². The van der Waals surface area contributed by atoms with E-state index in [1.165, 1.54) is 43.5 Å². The van der Waals surface area contributed by atoms with Gasteiger partial charge in [-0.1, -0.05) is 35.9 Å². The molecule has 0 amide bonds. The number of aromatic nitrogens is 6. The van der Waals surface area contributed by atoms with Crippen LogP contribution < -0.4 is 0 Å². The summed E-state index contributed by atoms with van der Waals surface area (Å²) in [4.78, 5) is 15.2. The standard InChI is InChI=1S/C25H25N7/c1-31-24(15-28-30-31)22-12-20-21-11-19(13-27-25(21)29-23(20)14-26-22)18-7-5-17(6-8-18)16-32-9-3-2-4-10-32/h5-8,11-15H,2-4,9-10,16H2,1H3,(H,27,29). The highest BCUT2D eigenvalue weighted by molar-refractivity contribution is 6.07. The summed E-state index contributed by atoms with van der Waals surface area (Å²) in [5.41, 5.74) is 7.24. The average Bonchev–Trinajstić information content (AvgIpc) is 3.42. The maximum absolute atomic E-state index is 4.70. The topological polar surface area (TPSA) is 75.5 Å². The number of hydrogen-bond donors (Lipinski definition) is 1. The third-order valence-corrected chi connectivity index (χ3v) is 6.45. The van der Waals surface area contributed by atoms with Crippen LogP contribution in [0.5, 0.6) is 0 Å². The molecule has 1 fully saturated rings. The van der Waals surface area contributed by atoms with Gasteiger partial charge in [0.25, 0.3) is 0 Å². The first kappa shape index (κ1) is 19.1. The Labute approximate surface area is 186 Å². The number of hydrogen-bond acceptors (Lipinski definition) is 5. The lowest BCUT2D eigenvalue weighted by Gasteiger charge is -2.26. The minimum Gasteiger partial charge on any atom is -0.338 e. The van der Waals surface area contributed by atoms with E-state index in [-0.39, 0.29) is 0 Å². The van der Waals surface area contributed by atoms with Crippen molar-refractivity contribution >= 4 is 21.9 Å². The summed E-state index contributed by atoms with van der Waals surface area (Å²) in [7, 11) is 1.87. The van der Waals surface area contributed by atoms with Crippen LogP contribution in [0.2, 0.25) is 0 Å². The fraction of sp³-hybridized carbons (Fsp3) is 0.280. The van der Waals surface area contributed by atoms with Gasteiger partial charge in [0.15, 0.2) is 0 Å². The van der Waals surface area contributed by atoms with E-state index in [0.717, 1.165) is 45.4 Å². The molecule has 1 N–H and O–H groups in total. The number of rotatable bonds is 4. The van der Waals surface area contributed by atoms with E-state index in [4.69, 9.17) is 4.98 Å². The molecule has 32 heavy (non-hydrogen) atoms. The van der Waals surface area contributed by atoms with Gasteiger partial charge in [-0.15, -0.1) is 5.10 Å². The minimum atomic E-state index is 0.846. The quantitative estimate of drug-likeness (QED) is 0.459. The van der Waals surface area contributed by atoms with Crippen LogP contribution in [0.25, 0.3) is 44.5 Å². The molecule has 0 saturated carbocycles. The maximum Gasteiger partial charge on any atom is 0.138 e. The number of likely N-dealkylation sites (tertiary alicyclic amines) is 1. The molecule has 0 spiro atoms. The van der Waals surface area contributed by atoms with Gasteiger partial charge in [0.2, 0.25) is 0 Å². The molecule has 0 radical (unpaired) electrons. The number of H-pyrrole nitrogens is 1. The Bertz CT molecular complexity index is 1390. The van der Waals surface area contributed by atoms with E-state index in [2.05, 4.69) is 61.6 Å². The van der Waals surface area contributed by atoms with Crippen LogP contribution in [0.15, 0.2) is 55.0 Å². The molecule has 5 heterocycles. The zero-order valence-electron chi connectivity index (χ0n) is 18.1. The van der Waals surface area contributed by atoms with Crippen LogP contribution in [0.3, 0.4) is 0 Å². The maximum atomic E-state index is 4.70. The van der Waals surface area contributed by atoms with Crippen molar-refractivity contribution in [2.45, 2.75) is 25.8 Å². The van der Waals surface area contributed by atoms with Crippen molar-refractivity contribution in [3.05, 3.63) is 60.6 Å². The lowest BCUT2D eigenvalue weighted by atomic mass is 10.0. The Morgan fingerprint density at radius 3 is 2.50 bits per heavy atom. The van der Waals surface area contributed by atoms with Crippen LogP contribution in [-0.4, -0.2) is 47.9 Å². The van der Waals surface area contributed by atoms with Crippen LogP contribution >= 0.6 is 0 Å². The molecule has 5 aromatic rings. The minimum absolute atomic E-state index is 0.846. The molecule has 160 valence electrons. The van der Waals surface area contributed by atoms with Gasteiger partial charge >= 0.3 is 0 Å². The van der Waals surface area contributed by atoms with Gasteiger partial charge in [-0.3, -0.25) is 9.88 Å². The predicted octanol–water partition coefficient (Wildman–Crippen LogP) is 4.56. The van der Waals surface area contributed by atoms with Gasteiger partial charge in [0.1, 0.15) is 11.3 Å². The summed E-state index contributed by atoms with van der Waals surface area (Å²) in [6.07, 6.45) is 9.55. The largest absolute Gasteiger partial charge is 0.338 e. The molecular formula is C25H25N7. The van der Waals surface area contributed by atoms with Gasteiger partial charge in [-0.2, -0.15) is 0 Å². The summed E-state index contributed by atoms with van der Waals surface area (Å²) < 4.78 is 1.73. The van der Waals surface area contributed by atoms with E-state index >= 15 is 0 Å². The molecular weight excluding hydrogens is 398 g/mol. The summed E-state index contributed by atoms with van der Waals surface area (Å²) in [6, 6.07) is 13.2. The van der Waals surface area contributed by atoms with Crippen LogP contribution in [0, 0.1) is 0 Å². The molecule has 0 bridgehead atoms. The molecule has 0 aliphatic carbocycles. The number of fused-ring (bicyclic) bond motifs is 3. The van der Waals surface area contributed by atoms with Crippen molar-refractivity contribution in [2.24, 2.45) is 7.05 Å². The highest BCUT2D eigenvalue weighted by atomic mass is 15.4. The Morgan fingerprint density at radius 1 is 0.875 bits per heavy atom. The van der Waals surface area contributed by atoms with Crippen molar-refractivity contribution in [1.29, 1.82) is 0 Å². The van der Waals surface area contributed by atoms with Gasteiger partial charge in [0, 0.05) is 36.1 Å². The summed E-state index contributed by atoms with van der Waals surface area (Å²) in [5, 5.41) is 10.2. The van der Waals surface area contributed by atoms with E-state index in [0.29, 0.717) is 0 Å². The molecule has 1 saturated heterocycles. The van der Waals surface area contributed by atoms with Crippen molar-refractivity contribution in [2.75, 3.05) is 13.1 Å². The number of nitrogens with zero attached hydrogens (tertiary/aromatic N) is 6. The van der Waals surface area contributed by atoms with Crippen LogP contribution in [0.4, 0.5) is 0 Å². The molecule has 4 aromatic heterocycles. The number of piperidine rings is 1.